The molecule has 1 unspecified atom stereocenters. The maximum atomic E-state index is 16.6. The summed E-state index contributed by atoms with van der Waals surface area (Å²) < 4.78 is 33.9. The normalized spacial score (nSPS) is 22.3. The molecule has 5 aromatic rings. The Labute approximate surface area is 341 Å². The third-order valence-electron chi connectivity index (χ3n) is 12.7. The van der Waals surface area contributed by atoms with E-state index in [4.69, 9.17) is 0 Å². The zero-order valence-electron chi connectivity index (χ0n) is 33.7. The molecule has 8 rings (SSSR count). The van der Waals surface area contributed by atoms with Gasteiger partial charge in [-0.1, -0.05) is 42.5 Å². The van der Waals surface area contributed by atoms with Crippen LogP contribution in [0, 0.1) is 11.6 Å². The fourth-order valence-electron chi connectivity index (χ4n) is 9.27. The van der Waals surface area contributed by atoms with Gasteiger partial charge in [-0.05, 0) is 108 Å². The molecule has 2 atom stereocenters. The number of carbonyl (C=O) groups excluding carboxylic acids is 4. The fourth-order valence-corrected chi connectivity index (χ4v) is 9.27. The van der Waals surface area contributed by atoms with E-state index in [0.29, 0.717) is 53.9 Å². The predicted molar refractivity (Wildman–Crippen MR) is 220 cm³/mol. The van der Waals surface area contributed by atoms with Crippen molar-refractivity contribution in [2.75, 3.05) is 32.5 Å². The number of aromatic amines is 1. The second kappa shape index (κ2) is 16.4. The summed E-state index contributed by atoms with van der Waals surface area (Å²) in [5.74, 6) is -1.61. The number of piperidine rings is 2. The first kappa shape index (κ1) is 39.9. The summed E-state index contributed by atoms with van der Waals surface area (Å²) in [6, 6.07) is 16.5. The van der Waals surface area contributed by atoms with Crippen LogP contribution in [0.3, 0.4) is 0 Å². The summed E-state index contributed by atoms with van der Waals surface area (Å²) >= 11 is 0. The molecule has 0 spiro atoms. The van der Waals surface area contributed by atoms with E-state index in [1.165, 1.54) is 16.5 Å². The van der Waals surface area contributed by atoms with Crippen molar-refractivity contribution in [1.29, 1.82) is 0 Å². The van der Waals surface area contributed by atoms with E-state index in [1.54, 1.807) is 37.2 Å². The van der Waals surface area contributed by atoms with Gasteiger partial charge in [-0.25, -0.2) is 8.78 Å². The topological polar surface area (TPSA) is 145 Å². The van der Waals surface area contributed by atoms with Gasteiger partial charge in [0, 0.05) is 63.2 Å². The number of imide groups is 1. The first-order valence-corrected chi connectivity index (χ1v) is 20.6. The first-order chi connectivity index (χ1) is 28.4. The van der Waals surface area contributed by atoms with Crippen LogP contribution in [0.25, 0.3) is 22.0 Å². The van der Waals surface area contributed by atoms with E-state index in [-0.39, 0.29) is 59.1 Å². The number of hydrogen-bond acceptors (Lipinski definition) is 7. The highest BCUT2D eigenvalue weighted by atomic mass is 19.1. The number of likely N-dealkylation sites (tertiary alicyclic amines) is 1. The Bertz CT molecular complexity index is 2380. The molecular formula is C45H50F2N8O4. The number of fused-ring (bicyclic) bond motifs is 1. The van der Waals surface area contributed by atoms with E-state index in [2.05, 4.69) is 57.1 Å². The standard InChI is InChI=1S/C45H50F2N8O4/c1-45(35-11-10-31(23-36(35)46)49-37-12-13-39(56)51-43(37)58)17-14-28(15-18-45)27-6-8-29(9-7-27)32-24-33(41(47)42-34(32)25-38(50-42)44(59)53(2)3)30-5-4-20-54(26-30)40(57)16-21-55-22-19-48-52-55/h6-11,19,22-25,28,30,37,49-50H,4-5,12-18,20-21,26H2,1-3H3,(H,51,56,58)/t28?,30-,37?,45?/m0/s1. The van der Waals surface area contributed by atoms with Gasteiger partial charge in [0.1, 0.15) is 17.6 Å². The number of amides is 4. The predicted octanol–water partition coefficient (Wildman–Crippen LogP) is 7.04. The number of benzene rings is 3. The van der Waals surface area contributed by atoms with Crippen LogP contribution >= 0.6 is 0 Å². The smallest absolute Gasteiger partial charge is 0.269 e. The van der Waals surface area contributed by atoms with Gasteiger partial charge < -0.3 is 20.1 Å². The maximum absolute atomic E-state index is 16.6. The summed E-state index contributed by atoms with van der Waals surface area (Å²) in [5, 5.41) is 13.8. The molecule has 2 aromatic heterocycles. The molecule has 2 saturated heterocycles. The number of hydrogen-bond donors (Lipinski definition) is 3. The second-order valence-electron chi connectivity index (χ2n) is 16.9. The van der Waals surface area contributed by atoms with Crippen molar-refractivity contribution in [3.8, 4) is 11.1 Å². The van der Waals surface area contributed by atoms with Crippen molar-refractivity contribution in [2.24, 2.45) is 0 Å². The quantitative estimate of drug-likeness (QED) is 0.129. The Morgan fingerprint density at radius 2 is 1.76 bits per heavy atom. The van der Waals surface area contributed by atoms with Crippen LogP contribution in [-0.4, -0.2) is 86.6 Å². The van der Waals surface area contributed by atoms with Crippen LogP contribution in [0.2, 0.25) is 0 Å². The molecule has 14 heteroatoms. The Morgan fingerprint density at radius 3 is 2.46 bits per heavy atom. The number of aromatic nitrogens is 4. The van der Waals surface area contributed by atoms with Gasteiger partial charge in [0.05, 0.1) is 18.3 Å². The SMILES string of the molecule is CN(C)C(=O)c1cc2c(-c3ccc(C4CCC(C)(c5ccc(NC6CCC(=O)NC6=O)cc5F)CC4)cc3)cc([C@H]3CCCN(C(=O)CCn4ccnn4)C3)c(F)c2[nH]1. The first-order valence-electron chi connectivity index (χ1n) is 20.6. The highest BCUT2D eigenvalue weighted by Crippen LogP contribution is 2.46. The van der Waals surface area contributed by atoms with E-state index in [9.17, 15) is 19.2 Å². The van der Waals surface area contributed by atoms with Crippen molar-refractivity contribution < 1.29 is 28.0 Å². The van der Waals surface area contributed by atoms with Gasteiger partial charge in [-0.3, -0.25) is 29.2 Å². The van der Waals surface area contributed by atoms with Crippen LogP contribution in [0.4, 0.5) is 14.5 Å². The molecule has 1 aliphatic carbocycles. The molecule has 4 heterocycles. The molecule has 4 amide bonds. The molecule has 3 N–H and O–H groups in total. The molecule has 3 fully saturated rings. The second-order valence-corrected chi connectivity index (χ2v) is 16.9. The van der Waals surface area contributed by atoms with Gasteiger partial charge in [0.2, 0.25) is 17.7 Å². The minimum Gasteiger partial charge on any atom is -0.374 e. The average Bonchev–Trinajstić information content (AvgIpc) is 3.93. The molecule has 3 aliphatic rings. The molecule has 0 bridgehead atoms. The minimum absolute atomic E-state index is 0.00774. The Hall–Kier alpha value is -5.92. The van der Waals surface area contributed by atoms with Gasteiger partial charge in [0.15, 0.2) is 5.82 Å². The molecule has 3 aromatic carbocycles. The van der Waals surface area contributed by atoms with Crippen molar-refractivity contribution in [3.05, 3.63) is 101 Å². The Kier molecular flexibility index (Phi) is 11.1. The number of aryl methyl sites for hydroxylation is 1. The molecular weight excluding hydrogens is 755 g/mol. The van der Waals surface area contributed by atoms with Crippen molar-refractivity contribution in [2.45, 2.75) is 94.5 Å². The number of nitrogens with one attached hydrogen (secondary N) is 3. The van der Waals surface area contributed by atoms with Gasteiger partial charge >= 0.3 is 0 Å². The number of carbonyl (C=O) groups is 4. The Balaban J connectivity index is 0.997. The van der Waals surface area contributed by atoms with Crippen molar-refractivity contribution >= 4 is 40.2 Å². The van der Waals surface area contributed by atoms with Crippen molar-refractivity contribution in [1.82, 2.24) is 35.1 Å². The van der Waals surface area contributed by atoms with E-state index >= 15 is 8.78 Å². The van der Waals surface area contributed by atoms with Crippen LogP contribution in [0.15, 0.2) is 67.0 Å². The summed E-state index contributed by atoms with van der Waals surface area (Å²) in [6.45, 7) is 3.54. The number of H-pyrrole nitrogens is 1. The molecule has 308 valence electrons. The monoisotopic (exact) mass is 804 g/mol. The molecule has 0 radical (unpaired) electrons. The van der Waals surface area contributed by atoms with Crippen LogP contribution in [0.1, 0.15) is 104 Å². The highest BCUT2D eigenvalue weighted by Gasteiger charge is 2.36. The average molecular weight is 805 g/mol. The van der Waals surface area contributed by atoms with Crippen LogP contribution < -0.4 is 10.6 Å². The lowest BCUT2D eigenvalue weighted by molar-refractivity contribution is -0.134. The lowest BCUT2D eigenvalue weighted by Gasteiger charge is -2.38. The molecule has 59 heavy (non-hydrogen) atoms. The largest absolute Gasteiger partial charge is 0.374 e. The maximum Gasteiger partial charge on any atom is 0.269 e. The zero-order valence-corrected chi connectivity index (χ0v) is 33.7. The molecule has 2 aliphatic heterocycles. The number of anilines is 1. The van der Waals surface area contributed by atoms with E-state index < -0.39 is 17.8 Å². The van der Waals surface area contributed by atoms with Crippen LogP contribution in [0.5, 0.6) is 0 Å². The van der Waals surface area contributed by atoms with Crippen molar-refractivity contribution in [3.63, 3.8) is 0 Å². The Morgan fingerprint density at radius 1 is 0.983 bits per heavy atom. The lowest BCUT2D eigenvalue weighted by atomic mass is 9.66. The third-order valence-corrected chi connectivity index (χ3v) is 12.7. The summed E-state index contributed by atoms with van der Waals surface area (Å²) in [4.78, 5) is 56.5. The summed E-state index contributed by atoms with van der Waals surface area (Å²) in [5.41, 5.74) is 4.81. The number of nitrogens with zero attached hydrogens (tertiary/aromatic N) is 5. The van der Waals surface area contributed by atoms with Gasteiger partial charge in [0.25, 0.3) is 5.91 Å². The minimum atomic E-state index is -0.582. The lowest BCUT2D eigenvalue weighted by Crippen LogP contribution is -2.47. The van der Waals surface area contributed by atoms with E-state index in [0.717, 1.165) is 49.7 Å². The highest BCUT2D eigenvalue weighted by molar-refractivity contribution is 6.04. The number of halogens is 2. The fraction of sp³-hybridized carbons (Fsp3) is 0.422. The summed E-state index contributed by atoms with van der Waals surface area (Å²) in [6.07, 6.45) is 9.00. The molecule has 1 saturated carbocycles. The van der Waals surface area contributed by atoms with Gasteiger partial charge in [-0.15, -0.1) is 5.10 Å². The van der Waals surface area contributed by atoms with Crippen LogP contribution in [-0.2, 0) is 26.3 Å². The van der Waals surface area contributed by atoms with Gasteiger partial charge in [-0.2, -0.15) is 0 Å². The third kappa shape index (κ3) is 8.22. The van der Waals surface area contributed by atoms with E-state index in [1.807, 2.05) is 23.1 Å². The number of rotatable bonds is 10. The zero-order chi connectivity index (χ0) is 41.4. The summed E-state index contributed by atoms with van der Waals surface area (Å²) in [7, 11) is 3.33. The molecule has 12 nitrogen and oxygen atoms in total.